The van der Waals surface area contributed by atoms with Gasteiger partial charge in [-0.05, 0) is 38.5 Å². The molecule has 0 unspecified atom stereocenters. The summed E-state index contributed by atoms with van der Waals surface area (Å²) in [5.74, 6) is -1.39. The zero-order valence-corrected chi connectivity index (χ0v) is 16.8. The van der Waals surface area contributed by atoms with Crippen LogP contribution in [0.5, 0.6) is 0 Å². The average molecular weight is 398 g/mol. The van der Waals surface area contributed by atoms with Gasteiger partial charge in [0.1, 0.15) is 0 Å². The highest BCUT2D eigenvalue weighted by Gasteiger charge is 2.27. The predicted octanol–water partition coefficient (Wildman–Crippen LogP) is 3.36. The Kier molecular flexibility index (Phi) is 8.36. The molecule has 2 aromatic rings. The average Bonchev–Trinajstić information content (AvgIpc) is 2.71. The summed E-state index contributed by atoms with van der Waals surface area (Å²) in [6.45, 7) is 6.42. The number of imide groups is 1. The van der Waals surface area contributed by atoms with Crippen molar-refractivity contribution in [3.8, 4) is 0 Å². The SMILES string of the molecule is CCNC(=O)NC(=O)[C@@H](OC(=O)c1ccc(COC(C)C)cc1)c1ccccc1. The lowest BCUT2D eigenvalue weighted by Crippen LogP contribution is -2.42. The molecule has 154 valence electrons. The van der Waals surface area contributed by atoms with E-state index in [1.54, 1.807) is 61.5 Å². The Morgan fingerprint density at radius 1 is 0.966 bits per heavy atom. The van der Waals surface area contributed by atoms with E-state index in [0.717, 1.165) is 5.56 Å². The van der Waals surface area contributed by atoms with E-state index in [9.17, 15) is 14.4 Å². The highest BCUT2D eigenvalue weighted by molar-refractivity contribution is 5.99. The van der Waals surface area contributed by atoms with E-state index >= 15 is 0 Å². The van der Waals surface area contributed by atoms with Crippen LogP contribution in [0.1, 0.15) is 48.4 Å². The van der Waals surface area contributed by atoms with E-state index in [-0.39, 0.29) is 6.10 Å². The molecule has 0 radical (unpaired) electrons. The van der Waals surface area contributed by atoms with Crippen LogP contribution in [0.15, 0.2) is 54.6 Å². The summed E-state index contributed by atoms with van der Waals surface area (Å²) in [6, 6.07) is 14.7. The van der Waals surface area contributed by atoms with Gasteiger partial charge in [-0.3, -0.25) is 10.1 Å². The van der Waals surface area contributed by atoms with E-state index in [0.29, 0.717) is 24.3 Å². The highest BCUT2D eigenvalue weighted by atomic mass is 16.5. The van der Waals surface area contributed by atoms with Crippen molar-refractivity contribution in [2.24, 2.45) is 0 Å². The number of carbonyl (C=O) groups excluding carboxylic acids is 3. The molecule has 0 bridgehead atoms. The zero-order chi connectivity index (χ0) is 21.2. The van der Waals surface area contributed by atoms with Gasteiger partial charge in [0.05, 0.1) is 18.3 Å². The Labute approximate surface area is 170 Å². The van der Waals surface area contributed by atoms with Crippen LogP contribution in [-0.4, -0.2) is 30.6 Å². The summed E-state index contributed by atoms with van der Waals surface area (Å²) in [5.41, 5.74) is 1.68. The maximum Gasteiger partial charge on any atom is 0.339 e. The van der Waals surface area contributed by atoms with Gasteiger partial charge in [0, 0.05) is 12.1 Å². The summed E-state index contributed by atoms with van der Waals surface area (Å²) in [7, 11) is 0. The molecule has 0 saturated carbocycles. The van der Waals surface area contributed by atoms with Crippen LogP contribution < -0.4 is 10.6 Å². The van der Waals surface area contributed by atoms with Crippen LogP contribution in [0.2, 0.25) is 0 Å². The van der Waals surface area contributed by atoms with Crippen molar-refractivity contribution in [2.75, 3.05) is 6.54 Å². The molecule has 0 spiro atoms. The summed E-state index contributed by atoms with van der Waals surface area (Å²) < 4.78 is 11.0. The minimum Gasteiger partial charge on any atom is -0.444 e. The van der Waals surface area contributed by atoms with Gasteiger partial charge in [-0.2, -0.15) is 0 Å². The van der Waals surface area contributed by atoms with Gasteiger partial charge in [0.15, 0.2) is 0 Å². The van der Waals surface area contributed by atoms with Crippen molar-refractivity contribution in [1.82, 2.24) is 10.6 Å². The molecule has 2 aromatic carbocycles. The number of esters is 1. The summed E-state index contributed by atoms with van der Waals surface area (Å²) >= 11 is 0. The molecule has 7 nitrogen and oxygen atoms in total. The van der Waals surface area contributed by atoms with E-state index < -0.39 is 24.0 Å². The molecule has 0 aromatic heterocycles. The molecule has 7 heteroatoms. The quantitative estimate of drug-likeness (QED) is 0.665. The molecule has 0 aliphatic carbocycles. The number of amides is 3. The second-order valence-electron chi connectivity index (χ2n) is 6.60. The number of rotatable bonds is 8. The first-order valence-corrected chi connectivity index (χ1v) is 9.45. The maximum atomic E-state index is 12.6. The third kappa shape index (κ3) is 7.04. The number of hydrogen-bond acceptors (Lipinski definition) is 5. The fraction of sp³-hybridized carbons (Fsp3) is 0.318. The maximum absolute atomic E-state index is 12.6. The van der Waals surface area contributed by atoms with Gasteiger partial charge < -0.3 is 14.8 Å². The van der Waals surface area contributed by atoms with Crippen molar-refractivity contribution in [3.05, 3.63) is 71.3 Å². The fourth-order valence-electron chi connectivity index (χ4n) is 2.46. The first-order chi connectivity index (χ1) is 13.9. The molecule has 29 heavy (non-hydrogen) atoms. The van der Waals surface area contributed by atoms with Gasteiger partial charge in [-0.15, -0.1) is 0 Å². The Balaban J connectivity index is 2.12. The predicted molar refractivity (Wildman–Crippen MR) is 108 cm³/mol. The summed E-state index contributed by atoms with van der Waals surface area (Å²) in [5, 5.41) is 4.66. The Bertz CT molecular complexity index is 819. The second-order valence-corrected chi connectivity index (χ2v) is 6.60. The molecule has 0 fully saturated rings. The van der Waals surface area contributed by atoms with Crippen LogP contribution in [0, 0.1) is 0 Å². The van der Waals surface area contributed by atoms with Crippen LogP contribution >= 0.6 is 0 Å². The van der Waals surface area contributed by atoms with Crippen LogP contribution in [0.25, 0.3) is 0 Å². The fourth-order valence-corrected chi connectivity index (χ4v) is 2.46. The molecular formula is C22H26N2O5. The molecule has 1 atom stereocenters. The van der Waals surface area contributed by atoms with Gasteiger partial charge >= 0.3 is 12.0 Å². The Morgan fingerprint density at radius 3 is 2.21 bits per heavy atom. The van der Waals surface area contributed by atoms with E-state index in [1.165, 1.54) is 0 Å². The van der Waals surface area contributed by atoms with Gasteiger partial charge in [0.25, 0.3) is 5.91 Å². The highest BCUT2D eigenvalue weighted by Crippen LogP contribution is 2.20. The molecule has 0 aliphatic heterocycles. The van der Waals surface area contributed by atoms with Gasteiger partial charge in [-0.1, -0.05) is 42.5 Å². The smallest absolute Gasteiger partial charge is 0.339 e. The number of nitrogens with one attached hydrogen (secondary N) is 2. The van der Waals surface area contributed by atoms with Gasteiger partial charge in [-0.25, -0.2) is 9.59 Å². The second kappa shape index (κ2) is 11.0. The lowest BCUT2D eigenvalue weighted by molar-refractivity contribution is -0.129. The van der Waals surface area contributed by atoms with Gasteiger partial charge in [0.2, 0.25) is 6.10 Å². The lowest BCUT2D eigenvalue weighted by Gasteiger charge is -2.18. The monoisotopic (exact) mass is 398 g/mol. The van der Waals surface area contributed by atoms with Crippen molar-refractivity contribution in [3.63, 3.8) is 0 Å². The van der Waals surface area contributed by atoms with E-state index in [1.807, 2.05) is 13.8 Å². The van der Waals surface area contributed by atoms with Crippen molar-refractivity contribution in [2.45, 2.75) is 39.6 Å². The third-order valence-electron chi connectivity index (χ3n) is 3.91. The molecule has 0 heterocycles. The van der Waals surface area contributed by atoms with E-state index in [2.05, 4.69) is 10.6 Å². The lowest BCUT2D eigenvalue weighted by atomic mass is 10.1. The number of hydrogen-bond donors (Lipinski definition) is 2. The zero-order valence-electron chi connectivity index (χ0n) is 16.8. The summed E-state index contributed by atoms with van der Waals surface area (Å²) in [6.07, 6.45) is -1.15. The number of urea groups is 1. The normalized spacial score (nSPS) is 11.6. The van der Waals surface area contributed by atoms with Crippen molar-refractivity contribution < 1.29 is 23.9 Å². The number of ether oxygens (including phenoxy) is 2. The number of carbonyl (C=O) groups is 3. The Morgan fingerprint density at radius 2 is 1.62 bits per heavy atom. The first kappa shape index (κ1) is 22.1. The summed E-state index contributed by atoms with van der Waals surface area (Å²) in [4.78, 5) is 36.8. The van der Waals surface area contributed by atoms with E-state index in [4.69, 9.17) is 9.47 Å². The molecule has 3 amide bonds. The molecule has 0 saturated heterocycles. The minimum atomic E-state index is -1.25. The van der Waals surface area contributed by atoms with Crippen molar-refractivity contribution in [1.29, 1.82) is 0 Å². The molecular weight excluding hydrogens is 372 g/mol. The molecule has 0 aliphatic rings. The topological polar surface area (TPSA) is 93.7 Å². The Hall–Kier alpha value is -3.19. The third-order valence-corrected chi connectivity index (χ3v) is 3.91. The standard InChI is InChI=1S/C22H26N2O5/c1-4-23-22(27)24-20(25)19(17-8-6-5-7-9-17)29-21(26)18-12-10-16(11-13-18)14-28-15(2)3/h5-13,15,19H,4,14H2,1-3H3,(H2,23,24,25,27)/t19-/m0/s1. The largest absolute Gasteiger partial charge is 0.444 e. The molecule has 2 rings (SSSR count). The van der Waals surface area contributed by atoms with Crippen LogP contribution in [-0.2, 0) is 20.9 Å². The van der Waals surface area contributed by atoms with Crippen molar-refractivity contribution >= 4 is 17.9 Å². The first-order valence-electron chi connectivity index (χ1n) is 9.45. The number of benzene rings is 2. The van der Waals surface area contributed by atoms with Crippen LogP contribution in [0.3, 0.4) is 0 Å². The molecule has 2 N–H and O–H groups in total. The minimum absolute atomic E-state index is 0.106. The van der Waals surface area contributed by atoms with Crippen LogP contribution in [0.4, 0.5) is 4.79 Å².